The van der Waals surface area contributed by atoms with Crippen molar-refractivity contribution in [2.45, 2.75) is 46.2 Å². The molecule has 2 aromatic heterocycles. The van der Waals surface area contributed by atoms with Gasteiger partial charge in [-0.15, -0.1) is 0 Å². The van der Waals surface area contributed by atoms with Gasteiger partial charge >= 0.3 is 11.8 Å². The molecule has 2 aromatic rings. The Labute approximate surface area is 185 Å². The van der Waals surface area contributed by atoms with Gasteiger partial charge in [-0.3, -0.25) is 10.1 Å². The van der Waals surface area contributed by atoms with Crippen molar-refractivity contribution in [2.75, 3.05) is 31.2 Å². The Bertz CT molecular complexity index is 1050. The molecule has 12 heteroatoms. The first kappa shape index (κ1) is 21.9. The summed E-state index contributed by atoms with van der Waals surface area (Å²) in [5, 5.41) is 24.9. The van der Waals surface area contributed by atoms with Crippen molar-refractivity contribution in [1.82, 2.24) is 24.6 Å². The van der Waals surface area contributed by atoms with E-state index in [2.05, 4.69) is 35.8 Å². The zero-order valence-electron chi connectivity index (χ0n) is 18.6. The highest BCUT2D eigenvalue weighted by atomic mass is 16.6. The molecule has 2 aliphatic rings. The molecule has 2 aliphatic heterocycles. The molecule has 1 N–H and O–H groups in total. The van der Waals surface area contributed by atoms with E-state index in [1.807, 2.05) is 6.92 Å². The number of carbonyl (C=O) groups is 1. The average molecular weight is 445 g/mol. The highest BCUT2D eigenvalue weighted by Crippen LogP contribution is 2.44. The molecule has 12 nitrogen and oxygen atoms in total. The van der Waals surface area contributed by atoms with E-state index in [-0.39, 0.29) is 35.6 Å². The number of fused-ring (bicyclic) bond motifs is 1. The third kappa shape index (κ3) is 3.97. The quantitative estimate of drug-likeness (QED) is 0.557. The average Bonchev–Trinajstić information content (AvgIpc) is 3.22. The molecular weight excluding hydrogens is 418 g/mol. The molecule has 0 bridgehead atoms. The second kappa shape index (κ2) is 8.01. The van der Waals surface area contributed by atoms with E-state index < -0.39 is 11.0 Å². The highest BCUT2D eigenvalue weighted by Gasteiger charge is 2.40. The zero-order chi connectivity index (χ0) is 23.2. The maximum atomic E-state index is 11.9. The Morgan fingerprint density at radius 1 is 1.34 bits per heavy atom. The van der Waals surface area contributed by atoms with E-state index in [0.29, 0.717) is 37.8 Å². The normalized spacial score (nSPS) is 21.4. The molecule has 0 radical (unpaired) electrons. The third-order valence-corrected chi connectivity index (χ3v) is 6.03. The van der Waals surface area contributed by atoms with Gasteiger partial charge in [0.05, 0.1) is 36.4 Å². The van der Waals surface area contributed by atoms with Gasteiger partial charge in [-0.05, 0) is 12.3 Å². The standard InChI is InChI=1S/C20H27N7O5/c1-12-11-32-6-5-25(12)17-16-14(20(2,3)4)9-24(19(28)29)10-15(16)22-18(23-17)26-8-13(7-21-26)27(30)31/h7-8,12,14H,5-6,9-11H2,1-4H3,(H,28,29)/t12?,14-/m1/s1. The van der Waals surface area contributed by atoms with Gasteiger partial charge in [-0.25, -0.2) is 9.78 Å². The van der Waals surface area contributed by atoms with Crippen LogP contribution in [0.4, 0.5) is 16.3 Å². The molecule has 1 amide bonds. The molecule has 2 atom stereocenters. The molecule has 172 valence electrons. The smallest absolute Gasteiger partial charge is 0.407 e. The number of morpholine rings is 1. The van der Waals surface area contributed by atoms with Crippen LogP contribution in [0.15, 0.2) is 12.4 Å². The molecule has 0 spiro atoms. The SMILES string of the molecule is CC1COCCN1c1nc(-n2cc([N+](=O)[O-])cn2)nc2c1[C@H](C(C)(C)C)CN(C(=O)O)C2. The van der Waals surface area contributed by atoms with Gasteiger partial charge in [-0.2, -0.15) is 14.8 Å². The highest BCUT2D eigenvalue weighted by molar-refractivity contribution is 5.67. The number of hydrogen-bond acceptors (Lipinski definition) is 8. The van der Waals surface area contributed by atoms with E-state index in [1.165, 1.54) is 15.8 Å². The van der Waals surface area contributed by atoms with Crippen molar-refractivity contribution in [3.63, 3.8) is 0 Å². The fourth-order valence-electron chi connectivity index (χ4n) is 4.26. The topological polar surface area (TPSA) is 140 Å². The summed E-state index contributed by atoms with van der Waals surface area (Å²) in [6, 6.07) is 0.0562. The first-order valence-corrected chi connectivity index (χ1v) is 10.5. The van der Waals surface area contributed by atoms with Crippen LogP contribution < -0.4 is 4.90 Å². The molecule has 1 fully saturated rings. The number of nitro groups is 1. The van der Waals surface area contributed by atoms with E-state index >= 15 is 0 Å². The van der Waals surface area contributed by atoms with Crippen LogP contribution in [0.2, 0.25) is 0 Å². The van der Waals surface area contributed by atoms with Gasteiger partial charge in [-0.1, -0.05) is 20.8 Å². The predicted octanol–water partition coefficient (Wildman–Crippen LogP) is 2.42. The lowest BCUT2D eigenvalue weighted by Gasteiger charge is -2.43. The van der Waals surface area contributed by atoms with Gasteiger partial charge in [0, 0.05) is 24.6 Å². The van der Waals surface area contributed by atoms with Crippen molar-refractivity contribution in [2.24, 2.45) is 5.41 Å². The molecule has 0 saturated carbocycles. The van der Waals surface area contributed by atoms with Crippen molar-refractivity contribution < 1.29 is 19.6 Å². The van der Waals surface area contributed by atoms with Crippen LogP contribution in [0.1, 0.15) is 44.9 Å². The Morgan fingerprint density at radius 3 is 2.69 bits per heavy atom. The summed E-state index contributed by atoms with van der Waals surface area (Å²) in [6.45, 7) is 10.4. The number of carboxylic acid groups (broad SMARTS) is 1. The van der Waals surface area contributed by atoms with Gasteiger partial charge in [0.25, 0.3) is 5.95 Å². The lowest BCUT2D eigenvalue weighted by Crippen LogP contribution is -2.47. The van der Waals surface area contributed by atoms with Crippen LogP contribution >= 0.6 is 0 Å². The Morgan fingerprint density at radius 2 is 2.09 bits per heavy atom. The minimum absolute atomic E-state index is 0.0562. The maximum Gasteiger partial charge on any atom is 0.407 e. The van der Waals surface area contributed by atoms with Crippen LogP contribution in [-0.4, -0.2) is 73.1 Å². The number of anilines is 1. The first-order valence-electron chi connectivity index (χ1n) is 10.5. The summed E-state index contributed by atoms with van der Waals surface area (Å²) in [4.78, 5) is 35.4. The van der Waals surface area contributed by atoms with Gasteiger partial charge in [0.2, 0.25) is 0 Å². The van der Waals surface area contributed by atoms with E-state index in [4.69, 9.17) is 9.72 Å². The fourth-order valence-corrected chi connectivity index (χ4v) is 4.26. The number of ether oxygens (including phenoxy) is 1. The summed E-state index contributed by atoms with van der Waals surface area (Å²) >= 11 is 0. The monoisotopic (exact) mass is 445 g/mol. The van der Waals surface area contributed by atoms with Gasteiger partial charge in [0.1, 0.15) is 18.2 Å². The molecule has 0 aromatic carbocycles. The fraction of sp³-hybridized carbons (Fsp3) is 0.600. The number of amides is 1. The summed E-state index contributed by atoms with van der Waals surface area (Å²) < 4.78 is 6.86. The van der Waals surface area contributed by atoms with Crippen LogP contribution in [0.5, 0.6) is 0 Å². The number of rotatable bonds is 3. The van der Waals surface area contributed by atoms with Crippen LogP contribution in [0.25, 0.3) is 5.95 Å². The van der Waals surface area contributed by atoms with Crippen molar-refractivity contribution in [3.8, 4) is 5.95 Å². The number of hydrogen-bond donors (Lipinski definition) is 1. The lowest BCUT2D eigenvalue weighted by molar-refractivity contribution is -0.384. The van der Waals surface area contributed by atoms with E-state index in [0.717, 1.165) is 11.8 Å². The molecule has 1 saturated heterocycles. The van der Waals surface area contributed by atoms with Gasteiger partial charge < -0.3 is 19.6 Å². The molecule has 0 aliphatic carbocycles. The van der Waals surface area contributed by atoms with E-state index in [9.17, 15) is 20.0 Å². The summed E-state index contributed by atoms with van der Waals surface area (Å²) in [7, 11) is 0. The van der Waals surface area contributed by atoms with Crippen LogP contribution in [-0.2, 0) is 11.3 Å². The van der Waals surface area contributed by atoms with Crippen LogP contribution in [0.3, 0.4) is 0 Å². The van der Waals surface area contributed by atoms with Crippen molar-refractivity contribution >= 4 is 17.6 Å². The summed E-state index contributed by atoms with van der Waals surface area (Å²) in [6.07, 6.45) is 1.38. The zero-order valence-corrected chi connectivity index (χ0v) is 18.6. The molecule has 1 unspecified atom stereocenters. The van der Waals surface area contributed by atoms with Gasteiger partial charge in [0.15, 0.2) is 0 Å². The Balaban J connectivity index is 1.92. The van der Waals surface area contributed by atoms with Crippen LogP contribution in [0, 0.1) is 15.5 Å². The van der Waals surface area contributed by atoms with Crippen molar-refractivity contribution in [1.29, 1.82) is 0 Å². The summed E-state index contributed by atoms with van der Waals surface area (Å²) in [5.41, 5.74) is 1.10. The lowest BCUT2D eigenvalue weighted by atomic mass is 9.74. The maximum absolute atomic E-state index is 11.9. The predicted molar refractivity (Wildman–Crippen MR) is 114 cm³/mol. The molecular formula is C20H27N7O5. The van der Waals surface area contributed by atoms with E-state index in [1.54, 1.807) is 0 Å². The number of aromatic nitrogens is 4. The number of nitrogens with zero attached hydrogens (tertiary/aromatic N) is 7. The second-order valence-electron chi connectivity index (χ2n) is 9.31. The molecule has 4 rings (SSSR count). The summed E-state index contributed by atoms with van der Waals surface area (Å²) in [5.74, 6) is 0.753. The Kier molecular flexibility index (Phi) is 5.49. The minimum atomic E-state index is -1.01. The minimum Gasteiger partial charge on any atom is -0.465 e. The molecule has 32 heavy (non-hydrogen) atoms. The van der Waals surface area contributed by atoms with Crippen molar-refractivity contribution in [3.05, 3.63) is 33.8 Å². The molecule has 4 heterocycles. The third-order valence-electron chi connectivity index (χ3n) is 6.03. The second-order valence-corrected chi connectivity index (χ2v) is 9.31. The largest absolute Gasteiger partial charge is 0.465 e. The Hall–Kier alpha value is -3.28. The first-order chi connectivity index (χ1) is 15.1.